The van der Waals surface area contributed by atoms with Crippen LogP contribution in [0, 0.1) is 0 Å². The Balaban J connectivity index is 1.80. The topological polar surface area (TPSA) is 70.0 Å². The third-order valence-corrected chi connectivity index (χ3v) is 2.88. The summed E-state index contributed by atoms with van der Waals surface area (Å²) in [7, 11) is 0. The van der Waals surface area contributed by atoms with E-state index in [0.29, 0.717) is 17.6 Å². The molecule has 2 aromatic rings. The molecule has 1 saturated heterocycles. The molecule has 0 radical (unpaired) electrons. The summed E-state index contributed by atoms with van der Waals surface area (Å²) in [6.07, 6.45) is 1.63. The van der Waals surface area contributed by atoms with Crippen molar-refractivity contribution < 1.29 is 4.42 Å². The SMILES string of the molecule is CC1CN(c2n[nH]c(-c3ccco3)n2)CCN1. The molecule has 0 aromatic carbocycles. The van der Waals surface area contributed by atoms with Crippen molar-refractivity contribution in [2.24, 2.45) is 0 Å². The van der Waals surface area contributed by atoms with Gasteiger partial charge in [-0.3, -0.25) is 5.10 Å². The quantitative estimate of drug-likeness (QED) is 0.805. The van der Waals surface area contributed by atoms with Crippen LogP contribution in [-0.2, 0) is 0 Å². The van der Waals surface area contributed by atoms with Crippen LogP contribution in [0.15, 0.2) is 22.8 Å². The van der Waals surface area contributed by atoms with Gasteiger partial charge in [0.2, 0.25) is 5.95 Å². The summed E-state index contributed by atoms with van der Waals surface area (Å²) in [4.78, 5) is 6.62. The second-order valence-electron chi connectivity index (χ2n) is 4.26. The van der Waals surface area contributed by atoms with Crippen molar-refractivity contribution >= 4 is 5.95 Å². The number of hydrogen-bond donors (Lipinski definition) is 2. The van der Waals surface area contributed by atoms with Crippen LogP contribution in [0.5, 0.6) is 0 Å². The van der Waals surface area contributed by atoms with Gasteiger partial charge in [0.25, 0.3) is 0 Å². The average Bonchev–Trinajstić information content (AvgIpc) is 3.00. The van der Waals surface area contributed by atoms with Crippen molar-refractivity contribution in [3.8, 4) is 11.6 Å². The Hall–Kier alpha value is -1.82. The van der Waals surface area contributed by atoms with E-state index in [1.54, 1.807) is 6.26 Å². The van der Waals surface area contributed by atoms with Gasteiger partial charge in [-0.1, -0.05) is 0 Å². The van der Waals surface area contributed by atoms with Crippen molar-refractivity contribution in [2.45, 2.75) is 13.0 Å². The van der Waals surface area contributed by atoms with E-state index in [-0.39, 0.29) is 0 Å². The number of nitrogens with one attached hydrogen (secondary N) is 2. The van der Waals surface area contributed by atoms with E-state index in [1.165, 1.54) is 0 Å². The molecule has 1 atom stereocenters. The lowest BCUT2D eigenvalue weighted by molar-refractivity contribution is 0.480. The normalized spacial score (nSPS) is 20.8. The van der Waals surface area contributed by atoms with E-state index < -0.39 is 0 Å². The number of rotatable bonds is 2. The average molecular weight is 233 g/mol. The first-order valence-corrected chi connectivity index (χ1v) is 5.77. The first kappa shape index (κ1) is 10.3. The molecule has 6 heteroatoms. The highest BCUT2D eigenvalue weighted by Crippen LogP contribution is 2.18. The van der Waals surface area contributed by atoms with E-state index in [2.05, 4.69) is 32.3 Å². The second-order valence-corrected chi connectivity index (χ2v) is 4.26. The van der Waals surface area contributed by atoms with Gasteiger partial charge in [0.05, 0.1) is 6.26 Å². The van der Waals surface area contributed by atoms with Crippen LogP contribution in [0.25, 0.3) is 11.6 Å². The van der Waals surface area contributed by atoms with Gasteiger partial charge in [0.1, 0.15) is 0 Å². The van der Waals surface area contributed by atoms with E-state index in [1.807, 2.05) is 12.1 Å². The molecule has 6 nitrogen and oxygen atoms in total. The molecule has 2 aromatic heterocycles. The predicted molar refractivity (Wildman–Crippen MR) is 63.8 cm³/mol. The molecular formula is C11H15N5O. The summed E-state index contributed by atoms with van der Waals surface area (Å²) in [5.74, 6) is 2.13. The van der Waals surface area contributed by atoms with Gasteiger partial charge in [0.15, 0.2) is 11.6 Å². The number of aromatic nitrogens is 3. The minimum Gasteiger partial charge on any atom is -0.461 e. The van der Waals surface area contributed by atoms with E-state index in [9.17, 15) is 0 Å². The molecule has 3 rings (SSSR count). The Kier molecular flexibility index (Phi) is 2.56. The molecule has 1 aliphatic rings. The van der Waals surface area contributed by atoms with Crippen LogP contribution < -0.4 is 10.2 Å². The number of aromatic amines is 1. The van der Waals surface area contributed by atoms with Crippen LogP contribution in [0.1, 0.15) is 6.92 Å². The fourth-order valence-electron chi connectivity index (χ4n) is 2.03. The lowest BCUT2D eigenvalue weighted by Crippen LogP contribution is -2.49. The molecule has 1 fully saturated rings. The monoisotopic (exact) mass is 233 g/mol. The van der Waals surface area contributed by atoms with Gasteiger partial charge >= 0.3 is 0 Å². The highest BCUT2D eigenvalue weighted by atomic mass is 16.3. The van der Waals surface area contributed by atoms with Crippen molar-refractivity contribution in [3.63, 3.8) is 0 Å². The summed E-state index contributed by atoms with van der Waals surface area (Å²) in [5, 5.41) is 10.5. The number of furan rings is 1. The highest BCUT2D eigenvalue weighted by Gasteiger charge is 2.19. The number of piperazine rings is 1. The zero-order valence-electron chi connectivity index (χ0n) is 9.68. The smallest absolute Gasteiger partial charge is 0.245 e. The van der Waals surface area contributed by atoms with E-state index >= 15 is 0 Å². The number of anilines is 1. The van der Waals surface area contributed by atoms with Gasteiger partial charge in [0, 0.05) is 25.7 Å². The van der Waals surface area contributed by atoms with Gasteiger partial charge in [-0.25, -0.2) is 0 Å². The third kappa shape index (κ3) is 2.03. The van der Waals surface area contributed by atoms with Crippen LogP contribution in [0.3, 0.4) is 0 Å². The van der Waals surface area contributed by atoms with E-state index in [4.69, 9.17) is 4.42 Å². The van der Waals surface area contributed by atoms with E-state index in [0.717, 1.165) is 25.6 Å². The van der Waals surface area contributed by atoms with Crippen LogP contribution in [-0.4, -0.2) is 40.9 Å². The van der Waals surface area contributed by atoms with Crippen molar-refractivity contribution in [1.29, 1.82) is 0 Å². The summed E-state index contributed by atoms with van der Waals surface area (Å²) >= 11 is 0. The highest BCUT2D eigenvalue weighted by molar-refractivity contribution is 5.49. The Labute approximate surface area is 99.0 Å². The lowest BCUT2D eigenvalue weighted by atomic mass is 10.2. The standard InChI is InChI=1S/C11H15N5O/c1-8-7-16(5-4-12-8)11-13-10(14-15-11)9-3-2-6-17-9/h2-3,6,8,12H,4-5,7H2,1H3,(H,13,14,15). The lowest BCUT2D eigenvalue weighted by Gasteiger charge is -2.30. The molecule has 0 spiro atoms. The van der Waals surface area contributed by atoms with Crippen LogP contribution in [0.4, 0.5) is 5.95 Å². The maximum absolute atomic E-state index is 5.28. The number of hydrogen-bond acceptors (Lipinski definition) is 5. The maximum Gasteiger partial charge on any atom is 0.245 e. The zero-order valence-corrected chi connectivity index (χ0v) is 9.68. The molecule has 1 aliphatic heterocycles. The van der Waals surface area contributed by atoms with Gasteiger partial charge in [-0.2, -0.15) is 4.98 Å². The molecule has 0 bridgehead atoms. The summed E-state index contributed by atoms with van der Waals surface area (Å²) < 4.78 is 5.28. The molecule has 0 amide bonds. The molecule has 0 saturated carbocycles. The molecule has 3 heterocycles. The minimum absolute atomic E-state index is 0.467. The van der Waals surface area contributed by atoms with Crippen molar-refractivity contribution in [3.05, 3.63) is 18.4 Å². The fourth-order valence-corrected chi connectivity index (χ4v) is 2.03. The van der Waals surface area contributed by atoms with Crippen LogP contribution >= 0.6 is 0 Å². The molecule has 1 unspecified atom stereocenters. The van der Waals surface area contributed by atoms with Gasteiger partial charge in [-0.05, 0) is 19.1 Å². The largest absolute Gasteiger partial charge is 0.461 e. The Bertz CT molecular complexity index is 478. The minimum atomic E-state index is 0.467. The van der Waals surface area contributed by atoms with Gasteiger partial charge < -0.3 is 14.6 Å². The summed E-state index contributed by atoms with van der Waals surface area (Å²) in [5.41, 5.74) is 0. The summed E-state index contributed by atoms with van der Waals surface area (Å²) in [6, 6.07) is 4.17. The van der Waals surface area contributed by atoms with Gasteiger partial charge in [-0.15, -0.1) is 5.10 Å². The summed E-state index contributed by atoms with van der Waals surface area (Å²) in [6.45, 7) is 4.98. The number of nitrogens with zero attached hydrogens (tertiary/aromatic N) is 3. The number of H-pyrrole nitrogens is 1. The molecule has 90 valence electrons. The molecule has 2 N–H and O–H groups in total. The molecular weight excluding hydrogens is 218 g/mol. The first-order valence-electron chi connectivity index (χ1n) is 5.77. The third-order valence-electron chi connectivity index (χ3n) is 2.88. The maximum atomic E-state index is 5.28. The first-order chi connectivity index (χ1) is 8.33. The van der Waals surface area contributed by atoms with Crippen LogP contribution in [0.2, 0.25) is 0 Å². The predicted octanol–water partition coefficient (Wildman–Crippen LogP) is 0.863. The Morgan fingerprint density at radius 3 is 3.24 bits per heavy atom. The Morgan fingerprint density at radius 2 is 2.47 bits per heavy atom. The van der Waals surface area contributed by atoms with Crippen molar-refractivity contribution in [2.75, 3.05) is 24.5 Å². The zero-order chi connectivity index (χ0) is 11.7. The van der Waals surface area contributed by atoms with Crippen molar-refractivity contribution in [1.82, 2.24) is 20.5 Å². The second kappa shape index (κ2) is 4.21. The fraction of sp³-hybridized carbons (Fsp3) is 0.455. The molecule has 0 aliphatic carbocycles. The Morgan fingerprint density at radius 1 is 1.53 bits per heavy atom. The molecule has 17 heavy (non-hydrogen) atoms.